The summed E-state index contributed by atoms with van der Waals surface area (Å²) in [6, 6.07) is 21.3. The molecule has 0 amide bonds. The number of allylic oxidation sites excluding steroid dienone is 1. The molecule has 0 bridgehead atoms. The Kier molecular flexibility index (Phi) is 12.2. The maximum absolute atomic E-state index is 10.3. The Labute approximate surface area is 314 Å². The Morgan fingerprint density at radius 1 is 0.857 bits per heavy atom. The largest absolute Gasteiger partial charge is 0.512 e. The average molecular weight is 872 g/mol. The van der Waals surface area contributed by atoms with E-state index in [1.807, 2.05) is 18.3 Å². The van der Waals surface area contributed by atoms with E-state index in [4.69, 9.17) is 9.97 Å². The van der Waals surface area contributed by atoms with Crippen molar-refractivity contribution in [3.8, 4) is 11.3 Å². The van der Waals surface area contributed by atoms with Gasteiger partial charge in [-0.1, -0.05) is 91.5 Å². The van der Waals surface area contributed by atoms with Gasteiger partial charge in [0.05, 0.1) is 17.4 Å². The van der Waals surface area contributed by atoms with E-state index in [1.54, 1.807) is 23.7 Å². The molecule has 3 aromatic carbocycles. The van der Waals surface area contributed by atoms with E-state index >= 15 is 0 Å². The van der Waals surface area contributed by atoms with Crippen LogP contribution in [0.1, 0.15) is 98.4 Å². The van der Waals surface area contributed by atoms with Crippen molar-refractivity contribution in [3.05, 3.63) is 83.2 Å². The Hall–Kier alpha value is -2.67. The van der Waals surface area contributed by atoms with Gasteiger partial charge in [-0.3, -0.25) is 4.98 Å². The van der Waals surface area contributed by atoms with Gasteiger partial charge in [-0.15, -0.1) is 51.8 Å². The van der Waals surface area contributed by atoms with Crippen LogP contribution in [0.2, 0.25) is 0 Å². The van der Waals surface area contributed by atoms with Gasteiger partial charge in [0, 0.05) is 55.6 Å². The summed E-state index contributed by atoms with van der Waals surface area (Å²) in [5.41, 5.74) is 4.05. The molecule has 7 heteroatoms. The molecule has 0 saturated carbocycles. The zero-order chi connectivity index (χ0) is 35.0. The Morgan fingerprint density at radius 3 is 2.16 bits per heavy atom. The fraction of sp³-hybridized carbons (Fsp3) is 0.429. The van der Waals surface area contributed by atoms with E-state index in [9.17, 15) is 10.2 Å². The predicted molar refractivity (Wildman–Crippen MR) is 210 cm³/mol. The molecule has 4 nitrogen and oxygen atoms in total. The van der Waals surface area contributed by atoms with E-state index in [0.29, 0.717) is 5.76 Å². The van der Waals surface area contributed by atoms with Crippen LogP contribution in [0.5, 0.6) is 0 Å². The Balaban J connectivity index is 0.000000260. The van der Waals surface area contributed by atoms with Gasteiger partial charge in [-0.25, -0.2) is 4.98 Å². The number of fused-ring (bicyclic) bond motifs is 5. The standard InChI is InChI=1S/C27H21N2S2.C15H30O2.Ir/c1-15-9-17-12-23-20(13-22(17)30-15)25-26(31-23)24(28-14-29-25)18-10-16-7-5-6-8-19(16)21(11-18)27(2,3)4;1-7-14(5,8-2)12(16)11-13(17)15(6,9-3)10-4;/h5-9,11-14H,1-4H3;11-12,16-17H,7-10H2,1-6H3;/q-1;;/b;13-11-;. The number of hydrogen-bond acceptors (Lipinski definition) is 6. The first-order valence-electron chi connectivity index (χ1n) is 17.3. The summed E-state index contributed by atoms with van der Waals surface area (Å²) in [5.74, 6) is 0.336. The molecule has 6 aromatic rings. The summed E-state index contributed by atoms with van der Waals surface area (Å²) >= 11 is 3.63. The van der Waals surface area contributed by atoms with E-state index in [1.165, 1.54) is 36.0 Å². The third-order valence-corrected chi connectivity index (χ3v) is 12.8. The molecule has 0 fully saturated rings. The van der Waals surface area contributed by atoms with Gasteiger partial charge >= 0.3 is 0 Å². The van der Waals surface area contributed by atoms with E-state index in [0.717, 1.165) is 52.5 Å². The number of thiophene rings is 2. The van der Waals surface area contributed by atoms with Crippen molar-refractivity contribution in [1.82, 2.24) is 9.97 Å². The van der Waals surface area contributed by atoms with E-state index in [2.05, 4.69) is 117 Å². The van der Waals surface area contributed by atoms with Crippen molar-refractivity contribution >= 4 is 63.8 Å². The molecule has 1 unspecified atom stereocenters. The van der Waals surface area contributed by atoms with Crippen LogP contribution in [0.3, 0.4) is 0 Å². The van der Waals surface area contributed by atoms with Crippen LogP contribution in [0.15, 0.2) is 66.7 Å². The number of aromatic nitrogens is 2. The van der Waals surface area contributed by atoms with Crippen LogP contribution < -0.4 is 0 Å². The smallest absolute Gasteiger partial charge is 0.108 e. The molecule has 0 spiro atoms. The van der Waals surface area contributed by atoms with Crippen LogP contribution in [-0.4, -0.2) is 26.3 Å². The first-order valence-corrected chi connectivity index (χ1v) is 18.9. The molecule has 3 aromatic heterocycles. The maximum atomic E-state index is 10.3. The van der Waals surface area contributed by atoms with Gasteiger partial charge in [-0.2, -0.15) is 0 Å². The molecular weight excluding hydrogens is 821 g/mol. The van der Waals surface area contributed by atoms with Crippen LogP contribution in [0.25, 0.3) is 52.4 Å². The number of aryl methyl sites for hydroxylation is 1. The van der Waals surface area contributed by atoms with Crippen LogP contribution in [-0.2, 0) is 25.5 Å². The summed E-state index contributed by atoms with van der Waals surface area (Å²) in [4.78, 5) is 10.8. The first kappa shape index (κ1) is 39.1. The second-order valence-electron chi connectivity index (χ2n) is 14.8. The normalized spacial score (nSPS) is 13.5. The molecule has 0 aliphatic carbocycles. The summed E-state index contributed by atoms with van der Waals surface area (Å²) in [6.45, 7) is 21.4. The van der Waals surface area contributed by atoms with Crippen molar-refractivity contribution in [1.29, 1.82) is 0 Å². The van der Waals surface area contributed by atoms with Crippen LogP contribution in [0.4, 0.5) is 0 Å². The summed E-state index contributed by atoms with van der Waals surface area (Å²) in [7, 11) is 0. The molecule has 1 radical (unpaired) electrons. The summed E-state index contributed by atoms with van der Waals surface area (Å²) in [5, 5.41) is 25.4. The van der Waals surface area contributed by atoms with Gasteiger partial charge in [0.1, 0.15) is 6.33 Å². The van der Waals surface area contributed by atoms with Gasteiger partial charge in [0.15, 0.2) is 0 Å². The Morgan fingerprint density at radius 2 is 1.53 bits per heavy atom. The second-order valence-corrected chi connectivity index (χ2v) is 17.1. The number of nitrogens with zero attached hydrogens (tertiary/aromatic N) is 2. The molecule has 6 rings (SSSR count). The molecule has 0 saturated heterocycles. The van der Waals surface area contributed by atoms with Gasteiger partial charge in [-0.05, 0) is 73.1 Å². The molecule has 2 N–H and O–H groups in total. The number of aliphatic hydroxyl groups excluding tert-OH is 2. The van der Waals surface area contributed by atoms with E-state index in [-0.39, 0.29) is 36.4 Å². The zero-order valence-corrected chi connectivity index (χ0v) is 34.6. The Bertz CT molecular complexity index is 2100. The van der Waals surface area contributed by atoms with Gasteiger partial charge < -0.3 is 10.2 Å². The summed E-state index contributed by atoms with van der Waals surface area (Å²) in [6.07, 6.45) is 6.36. The van der Waals surface area contributed by atoms with Crippen molar-refractivity contribution in [2.45, 2.75) is 106 Å². The maximum Gasteiger partial charge on any atom is 0.108 e. The fourth-order valence-electron chi connectivity index (χ4n) is 6.24. The predicted octanol–water partition coefficient (Wildman–Crippen LogP) is 12.7. The third kappa shape index (κ3) is 7.82. The van der Waals surface area contributed by atoms with Gasteiger partial charge in [0.25, 0.3) is 0 Å². The molecular formula is C42H51IrN2O2S2-. The van der Waals surface area contributed by atoms with Crippen molar-refractivity contribution < 1.29 is 30.3 Å². The van der Waals surface area contributed by atoms with Crippen molar-refractivity contribution in [2.75, 3.05) is 0 Å². The molecule has 1 atom stereocenters. The minimum absolute atomic E-state index is 0. The number of hydrogen-bond donors (Lipinski definition) is 2. The third-order valence-electron chi connectivity index (χ3n) is 10.7. The van der Waals surface area contributed by atoms with Gasteiger partial charge in [0.2, 0.25) is 0 Å². The molecule has 0 aliphatic heterocycles. The SMILES string of the molecule is CCC(C)(CC)/C(O)=C/C(O)C(C)(CC)CC.Cc1cc2cc3sc4c(-c5[c-]c6ccccc6c(C(C)(C)C)c5)ncnc4c3cc2s1.[Ir]. The zero-order valence-electron chi connectivity index (χ0n) is 30.6. The van der Waals surface area contributed by atoms with Crippen molar-refractivity contribution in [2.24, 2.45) is 10.8 Å². The molecule has 49 heavy (non-hydrogen) atoms. The number of aliphatic hydroxyl groups is 2. The topological polar surface area (TPSA) is 66.2 Å². The second kappa shape index (κ2) is 15.3. The van der Waals surface area contributed by atoms with Crippen LogP contribution in [0, 0.1) is 23.8 Å². The minimum Gasteiger partial charge on any atom is -0.512 e. The first-order chi connectivity index (χ1) is 22.7. The number of rotatable bonds is 8. The average Bonchev–Trinajstić information content (AvgIpc) is 3.63. The van der Waals surface area contributed by atoms with E-state index < -0.39 is 6.10 Å². The van der Waals surface area contributed by atoms with Crippen molar-refractivity contribution in [3.63, 3.8) is 0 Å². The monoisotopic (exact) mass is 872 g/mol. The summed E-state index contributed by atoms with van der Waals surface area (Å²) < 4.78 is 3.72. The molecule has 263 valence electrons. The molecule has 0 aliphatic rings. The van der Waals surface area contributed by atoms with Crippen LogP contribution >= 0.6 is 22.7 Å². The quantitative estimate of drug-likeness (QED) is 0.118. The number of benzene rings is 3. The fourth-order valence-corrected chi connectivity index (χ4v) is 8.38. The molecule has 3 heterocycles. The minimum atomic E-state index is -0.574.